The van der Waals surface area contributed by atoms with E-state index in [9.17, 15) is 4.79 Å². The van der Waals surface area contributed by atoms with Gasteiger partial charge in [-0.2, -0.15) is 0 Å². The number of alkyl halides is 1. The minimum atomic E-state index is -0.0190. The first-order valence-corrected chi connectivity index (χ1v) is 4.19. The van der Waals surface area contributed by atoms with Crippen LogP contribution in [0.15, 0.2) is 0 Å². The van der Waals surface area contributed by atoms with E-state index in [1.807, 2.05) is 0 Å². The molecular formula is C6H9BrO2. The minimum Gasteiger partial charge on any atom is -0.465 e. The van der Waals surface area contributed by atoms with Crippen LogP contribution in [0.5, 0.6) is 0 Å². The van der Waals surface area contributed by atoms with Crippen molar-refractivity contribution in [3.05, 3.63) is 0 Å². The van der Waals surface area contributed by atoms with Crippen molar-refractivity contribution in [1.29, 1.82) is 0 Å². The average molecular weight is 193 g/mol. The maximum absolute atomic E-state index is 10.7. The van der Waals surface area contributed by atoms with Crippen LogP contribution in [0.2, 0.25) is 0 Å². The summed E-state index contributed by atoms with van der Waals surface area (Å²) < 4.78 is 4.76. The van der Waals surface area contributed by atoms with Crippen LogP contribution in [0, 0.1) is 5.92 Å². The lowest BCUT2D eigenvalue weighted by atomic mass is 10.1. The van der Waals surface area contributed by atoms with Crippen LogP contribution in [-0.4, -0.2) is 17.9 Å². The van der Waals surface area contributed by atoms with E-state index >= 15 is 0 Å². The highest BCUT2D eigenvalue weighted by Crippen LogP contribution is 2.18. The zero-order valence-electron chi connectivity index (χ0n) is 5.10. The van der Waals surface area contributed by atoms with Crippen LogP contribution in [0.3, 0.4) is 0 Å². The van der Waals surface area contributed by atoms with Crippen molar-refractivity contribution < 1.29 is 9.53 Å². The van der Waals surface area contributed by atoms with Crippen LogP contribution in [0.25, 0.3) is 0 Å². The van der Waals surface area contributed by atoms with E-state index in [-0.39, 0.29) is 11.9 Å². The molecule has 0 aromatic rings. The molecule has 1 aliphatic rings. The topological polar surface area (TPSA) is 26.3 Å². The molecule has 1 rings (SSSR count). The Morgan fingerprint density at radius 1 is 1.78 bits per heavy atom. The van der Waals surface area contributed by atoms with Crippen molar-refractivity contribution in [2.75, 3.05) is 11.9 Å². The van der Waals surface area contributed by atoms with Crippen LogP contribution >= 0.6 is 15.9 Å². The molecule has 52 valence electrons. The van der Waals surface area contributed by atoms with Crippen molar-refractivity contribution in [1.82, 2.24) is 0 Å². The SMILES string of the molecule is O=C1OCC[C@@H]1CCBr. The van der Waals surface area contributed by atoms with Gasteiger partial charge < -0.3 is 4.74 Å². The molecule has 0 aromatic heterocycles. The Hall–Kier alpha value is -0.0500. The fraction of sp³-hybridized carbons (Fsp3) is 0.833. The summed E-state index contributed by atoms with van der Waals surface area (Å²) in [4.78, 5) is 10.7. The predicted molar refractivity (Wildman–Crippen MR) is 37.5 cm³/mol. The highest BCUT2D eigenvalue weighted by Gasteiger charge is 2.24. The van der Waals surface area contributed by atoms with E-state index in [2.05, 4.69) is 15.9 Å². The highest BCUT2D eigenvalue weighted by molar-refractivity contribution is 9.09. The number of ether oxygens (including phenoxy) is 1. The second-order valence-electron chi connectivity index (χ2n) is 2.13. The monoisotopic (exact) mass is 192 g/mol. The molecule has 0 spiro atoms. The Balaban J connectivity index is 2.31. The first-order chi connectivity index (χ1) is 4.34. The number of hydrogen-bond acceptors (Lipinski definition) is 2. The summed E-state index contributed by atoms with van der Waals surface area (Å²) in [5, 5.41) is 0.896. The van der Waals surface area contributed by atoms with Gasteiger partial charge in [0.25, 0.3) is 0 Å². The number of esters is 1. The zero-order chi connectivity index (χ0) is 6.69. The minimum absolute atomic E-state index is 0.0190. The molecule has 1 aliphatic heterocycles. The third-order valence-electron chi connectivity index (χ3n) is 1.50. The first-order valence-electron chi connectivity index (χ1n) is 3.07. The normalized spacial score (nSPS) is 26.3. The highest BCUT2D eigenvalue weighted by atomic mass is 79.9. The summed E-state index contributed by atoms with van der Waals surface area (Å²) in [5.41, 5.74) is 0. The second-order valence-corrected chi connectivity index (χ2v) is 2.92. The molecule has 0 radical (unpaired) electrons. The number of halogens is 1. The molecule has 9 heavy (non-hydrogen) atoms. The fourth-order valence-corrected chi connectivity index (χ4v) is 1.48. The van der Waals surface area contributed by atoms with Crippen molar-refractivity contribution in [2.45, 2.75) is 12.8 Å². The lowest BCUT2D eigenvalue weighted by Gasteiger charge is -1.98. The summed E-state index contributed by atoms with van der Waals surface area (Å²) in [7, 11) is 0. The van der Waals surface area contributed by atoms with Gasteiger partial charge in [0, 0.05) is 5.33 Å². The van der Waals surface area contributed by atoms with Gasteiger partial charge in [-0.3, -0.25) is 4.79 Å². The zero-order valence-corrected chi connectivity index (χ0v) is 6.69. The molecule has 1 atom stereocenters. The molecule has 3 heteroatoms. The van der Waals surface area contributed by atoms with E-state index in [4.69, 9.17) is 4.74 Å². The fourth-order valence-electron chi connectivity index (χ4n) is 0.931. The van der Waals surface area contributed by atoms with Gasteiger partial charge in [-0.25, -0.2) is 0 Å². The lowest BCUT2D eigenvalue weighted by Crippen LogP contribution is -2.07. The molecule has 0 aromatic carbocycles. The average Bonchev–Trinajstić information content (AvgIpc) is 2.18. The summed E-state index contributed by atoms with van der Waals surface area (Å²) in [6.45, 7) is 0.622. The third kappa shape index (κ3) is 1.68. The summed E-state index contributed by atoms with van der Waals surface area (Å²) in [5.74, 6) is 0.152. The van der Waals surface area contributed by atoms with Gasteiger partial charge in [0.2, 0.25) is 0 Å². The van der Waals surface area contributed by atoms with Gasteiger partial charge in [0.05, 0.1) is 12.5 Å². The van der Waals surface area contributed by atoms with Gasteiger partial charge in [0.1, 0.15) is 0 Å². The Morgan fingerprint density at radius 2 is 2.56 bits per heavy atom. The predicted octanol–water partition coefficient (Wildman–Crippen LogP) is 1.33. The van der Waals surface area contributed by atoms with E-state index in [0.29, 0.717) is 6.61 Å². The van der Waals surface area contributed by atoms with Gasteiger partial charge in [-0.1, -0.05) is 15.9 Å². The third-order valence-corrected chi connectivity index (χ3v) is 1.96. The molecule has 1 heterocycles. The molecule has 1 saturated heterocycles. The standard InChI is InChI=1S/C6H9BrO2/c7-3-1-5-2-4-9-6(5)8/h5H,1-4H2/t5-/m0/s1. The smallest absolute Gasteiger partial charge is 0.309 e. The Labute approximate surface area is 62.7 Å². The Bertz CT molecular complexity index is 114. The van der Waals surface area contributed by atoms with Crippen LogP contribution in [0.1, 0.15) is 12.8 Å². The van der Waals surface area contributed by atoms with Crippen molar-refractivity contribution in [3.8, 4) is 0 Å². The van der Waals surface area contributed by atoms with Gasteiger partial charge in [-0.15, -0.1) is 0 Å². The van der Waals surface area contributed by atoms with Gasteiger partial charge >= 0.3 is 5.97 Å². The molecular weight excluding hydrogens is 184 g/mol. The molecule has 0 unspecified atom stereocenters. The Kier molecular flexibility index (Phi) is 2.51. The van der Waals surface area contributed by atoms with E-state index in [1.54, 1.807) is 0 Å². The van der Waals surface area contributed by atoms with Crippen LogP contribution < -0.4 is 0 Å². The van der Waals surface area contributed by atoms with Crippen molar-refractivity contribution in [3.63, 3.8) is 0 Å². The quantitative estimate of drug-likeness (QED) is 0.488. The summed E-state index contributed by atoms with van der Waals surface area (Å²) in [6, 6.07) is 0. The van der Waals surface area contributed by atoms with E-state index in [0.717, 1.165) is 18.2 Å². The molecule has 0 bridgehead atoms. The molecule has 0 amide bonds. The number of rotatable bonds is 2. The molecule has 1 fully saturated rings. The molecule has 0 N–H and O–H groups in total. The summed E-state index contributed by atoms with van der Waals surface area (Å²) in [6.07, 6.45) is 1.82. The number of hydrogen-bond donors (Lipinski definition) is 0. The van der Waals surface area contributed by atoms with Gasteiger partial charge in [-0.05, 0) is 12.8 Å². The van der Waals surface area contributed by atoms with Crippen molar-refractivity contribution in [2.24, 2.45) is 5.92 Å². The number of carbonyl (C=O) groups is 1. The largest absolute Gasteiger partial charge is 0.465 e. The number of cyclic esters (lactones) is 1. The maximum atomic E-state index is 10.7. The van der Waals surface area contributed by atoms with Crippen LogP contribution in [-0.2, 0) is 9.53 Å². The molecule has 2 nitrogen and oxygen atoms in total. The molecule has 0 aliphatic carbocycles. The van der Waals surface area contributed by atoms with E-state index in [1.165, 1.54) is 0 Å². The number of carbonyl (C=O) groups excluding carboxylic acids is 1. The van der Waals surface area contributed by atoms with Crippen molar-refractivity contribution >= 4 is 21.9 Å². The van der Waals surface area contributed by atoms with E-state index < -0.39 is 0 Å². The van der Waals surface area contributed by atoms with Gasteiger partial charge in [0.15, 0.2) is 0 Å². The second kappa shape index (κ2) is 3.20. The van der Waals surface area contributed by atoms with Crippen LogP contribution in [0.4, 0.5) is 0 Å². The Morgan fingerprint density at radius 3 is 3.00 bits per heavy atom. The summed E-state index contributed by atoms with van der Waals surface area (Å²) >= 11 is 3.28. The lowest BCUT2D eigenvalue weighted by molar-refractivity contribution is -0.141. The molecule has 0 saturated carbocycles. The first kappa shape index (κ1) is 7.06. The maximum Gasteiger partial charge on any atom is 0.309 e.